The second kappa shape index (κ2) is 7.70. The first kappa shape index (κ1) is 15.4. The third-order valence-corrected chi connectivity index (χ3v) is 3.38. The van der Waals surface area contributed by atoms with Crippen LogP contribution in [-0.4, -0.2) is 20.3 Å². The largest absolute Gasteiger partial charge is 0.497 e. The lowest BCUT2D eigenvalue weighted by Crippen LogP contribution is -2.26. The standard InChI is InChI=1S/C18H23NO2/c1-4-19-18(15-6-5-7-17(12-15)20-3)13-21-16-10-8-14(2)9-11-16/h5-12,18-19H,4,13H2,1-3H3. The predicted molar refractivity (Wildman–Crippen MR) is 86.1 cm³/mol. The number of aryl methyl sites for hydroxylation is 1. The Labute approximate surface area is 126 Å². The average molecular weight is 285 g/mol. The van der Waals surface area contributed by atoms with Crippen molar-refractivity contribution in [3.8, 4) is 11.5 Å². The Morgan fingerprint density at radius 1 is 1.05 bits per heavy atom. The van der Waals surface area contributed by atoms with Crippen molar-refractivity contribution < 1.29 is 9.47 Å². The predicted octanol–water partition coefficient (Wildman–Crippen LogP) is 3.73. The van der Waals surface area contributed by atoms with Gasteiger partial charge in [0, 0.05) is 0 Å². The first-order chi connectivity index (χ1) is 10.2. The van der Waals surface area contributed by atoms with Crippen LogP contribution in [0.4, 0.5) is 0 Å². The summed E-state index contributed by atoms with van der Waals surface area (Å²) < 4.78 is 11.2. The molecule has 0 amide bonds. The van der Waals surface area contributed by atoms with Crippen LogP contribution in [0.15, 0.2) is 48.5 Å². The topological polar surface area (TPSA) is 30.5 Å². The van der Waals surface area contributed by atoms with E-state index in [0.717, 1.165) is 18.0 Å². The van der Waals surface area contributed by atoms with Crippen molar-refractivity contribution in [3.63, 3.8) is 0 Å². The quantitative estimate of drug-likeness (QED) is 0.840. The van der Waals surface area contributed by atoms with E-state index in [0.29, 0.717) is 6.61 Å². The fraction of sp³-hybridized carbons (Fsp3) is 0.333. The highest BCUT2D eigenvalue weighted by Crippen LogP contribution is 2.21. The van der Waals surface area contributed by atoms with Gasteiger partial charge in [-0.3, -0.25) is 0 Å². The Morgan fingerprint density at radius 3 is 2.48 bits per heavy atom. The molecule has 0 saturated heterocycles. The molecule has 0 aliphatic rings. The van der Waals surface area contributed by atoms with Gasteiger partial charge in [0.1, 0.15) is 18.1 Å². The van der Waals surface area contributed by atoms with Crippen molar-refractivity contribution in [2.45, 2.75) is 19.9 Å². The lowest BCUT2D eigenvalue weighted by Gasteiger charge is -2.19. The minimum Gasteiger partial charge on any atom is -0.497 e. The summed E-state index contributed by atoms with van der Waals surface area (Å²) in [6.07, 6.45) is 0. The van der Waals surface area contributed by atoms with Gasteiger partial charge in [-0.05, 0) is 43.3 Å². The molecule has 3 nitrogen and oxygen atoms in total. The highest BCUT2D eigenvalue weighted by Gasteiger charge is 2.12. The monoisotopic (exact) mass is 285 g/mol. The maximum Gasteiger partial charge on any atom is 0.119 e. The minimum atomic E-state index is 0.145. The number of nitrogens with one attached hydrogen (secondary N) is 1. The van der Waals surface area contributed by atoms with E-state index in [1.807, 2.05) is 30.3 Å². The van der Waals surface area contributed by atoms with Gasteiger partial charge in [-0.1, -0.05) is 36.8 Å². The maximum absolute atomic E-state index is 5.90. The molecular weight excluding hydrogens is 262 g/mol. The van der Waals surface area contributed by atoms with Gasteiger partial charge < -0.3 is 14.8 Å². The van der Waals surface area contributed by atoms with Crippen LogP contribution >= 0.6 is 0 Å². The first-order valence-corrected chi connectivity index (χ1v) is 7.29. The highest BCUT2D eigenvalue weighted by atomic mass is 16.5. The molecule has 0 fully saturated rings. The maximum atomic E-state index is 5.90. The Balaban J connectivity index is 2.05. The summed E-state index contributed by atoms with van der Waals surface area (Å²) >= 11 is 0. The van der Waals surface area contributed by atoms with Gasteiger partial charge in [0.25, 0.3) is 0 Å². The van der Waals surface area contributed by atoms with Gasteiger partial charge in [0.2, 0.25) is 0 Å². The van der Waals surface area contributed by atoms with E-state index in [9.17, 15) is 0 Å². The van der Waals surface area contributed by atoms with E-state index in [1.165, 1.54) is 11.1 Å². The van der Waals surface area contributed by atoms with Gasteiger partial charge in [-0.2, -0.15) is 0 Å². The van der Waals surface area contributed by atoms with Gasteiger partial charge in [0.15, 0.2) is 0 Å². The highest BCUT2D eigenvalue weighted by molar-refractivity contribution is 5.31. The van der Waals surface area contributed by atoms with Crippen LogP contribution in [0, 0.1) is 6.92 Å². The van der Waals surface area contributed by atoms with Crippen LogP contribution in [0.5, 0.6) is 11.5 Å². The molecule has 1 atom stereocenters. The van der Waals surface area contributed by atoms with E-state index in [-0.39, 0.29) is 6.04 Å². The fourth-order valence-electron chi connectivity index (χ4n) is 2.19. The molecule has 0 aromatic heterocycles. The molecule has 1 unspecified atom stereocenters. The zero-order valence-corrected chi connectivity index (χ0v) is 12.9. The molecule has 112 valence electrons. The molecule has 2 rings (SSSR count). The van der Waals surface area contributed by atoms with Crippen LogP contribution in [0.2, 0.25) is 0 Å². The summed E-state index contributed by atoms with van der Waals surface area (Å²) in [4.78, 5) is 0. The van der Waals surface area contributed by atoms with Crippen molar-refractivity contribution in [2.75, 3.05) is 20.3 Å². The summed E-state index contributed by atoms with van der Waals surface area (Å²) in [5.74, 6) is 1.76. The molecule has 0 saturated carbocycles. The molecule has 2 aromatic carbocycles. The van der Waals surface area contributed by atoms with Crippen LogP contribution in [0.3, 0.4) is 0 Å². The van der Waals surface area contributed by atoms with Crippen molar-refractivity contribution in [1.29, 1.82) is 0 Å². The average Bonchev–Trinajstić information content (AvgIpc) is 2.53. The summed E-state index contributed by atoms with van der Waals surface area (Å²) in [6.45, 7) is 5.64. The number of ether oxygens (including phenoxy) is 2. The third-order valence-electron chi connectivity index (χ3n) is 3.38. The summed E-state index contributed by atoms with van der Waals surface area (Å²) in [7, 11) is 1.68. The van der Waals surface area contributed by atoms with Crippen molar-refractivity contribution in [3.05, 3.63) is 59.7 Å². The second-order valence-corrected chi connectivity index (χ2v) is 5.01. The summed E-state index contributed by atoms with van der Waals surface area (Å²) in [5, 5.41) is 3.45. The molecule has 2 aromatic rings. The SMILES string of the molecule is CCNC(COc1ccc(C)cc1)c1cccc(OC)c1. The molecule has 0 radical (unpaired) electrons. The zero-order valence-electron chi connectivity index (χ0n) is 12.9. The number of rotatable bonds is 7. The lowest BCUT2D eigenvalue weighted by atomic mass is 10.1. The summed E-state index contributed by atoms with van der Waals surface area (Å²) in [6, 6.07) is 16.4. The summed E-state index contributed by atoms with van der Waals surface area (Å²) in [5.41, 5.74) is 2.40. The Morgan fingerprint density at radius 2 is 1.81 bits per heavy atom. The normalized spacial score (nSPS) is 12.0. The van der Waals surface area contributed by atoms with Crippen LogP contribution in [-0.2, 0) is 0 Å². The lowest BCUT2D eigenvalue weighted by molar-refractivity contribution is 0.268. The van der Waals surface area contributed by atoms with Gasteiger partial charge in [-0.25, -0.2) is 0 Å². The van der Waals surface area contributed by atoms with Gasteiger partial charge >= 0.3 is 0 Å². The first-order valence-electron chi connectivity index (χ1n) is 7.29. The number of hydrogen-bond donors (Lipinski definition) is 1. The Hall–Kier alpha value is -2.00. The fourth-order valence-corrected chi connectivity index (χ4v) is 2.19. The van der Waals surface area contributed by atoms with Crippen molar-refractivity contribution in [2.24, 2.45) is 0 Å². The molecule has 0 aliphatic heterocycles. The molecule has 0 aliphatic carbocycles. The number of likely N-dealkylation sites (N-methyl/N-ethyl adjacent to an activating group) is 1. The molecule has 1 N–H and O–H groups in total. The van der Waals surface area contributed by atoms with E-state index in [2.05, 4.69) is 37.4 Å². The van der Waals surface area contributed by atoms with E-state index < -0.39 is 0 Å². The third kappa shape index (κ3) is 4.50. The van der Waals surface area contributed by atoms with Crippen LogP contribution in [0.25, 0.3) is 0 Å². The molecule has 0 heterocycles. The minimum absolute atomic E-state index is 0.145. The molecule has 0 bridgehead atoms. The Bertz CT molecular complexity index is 551. The van der Waals surface area contributed by atoms with E-state index in [1.54, 1.807) is 7.11 Å². The van der Waals surface area contributed by atoms with E-state index >= 15 is 0 Å². The van der Waals surface area contributed by atoms with Gasteiger partial charge in [0.05, 0.1) is 13.2 Å². The van der Waals surface area contributed by atoms with Crippen LogP contribution in [0.1, 0.15) is 24.1 Å². The number of benzene rings is 2. The van der Waals surface area contributed by atoms with Crippen molar-refractivity contribution in [1.82, 2.24) is 5.32 Å². The zero-order chi connectivity index (χ0) is 15.1. The molecular formula is C18H23NO2. The van der Waals surface area contributed by atoms with Gasteiger partial charge in [-0.15, -0.1) is 0 Å². The number of hydrogen-bond acceptors (Lipinski definition) is 3. The smallest absolute Gasteiger partial charge is 0.119 e. The van der Waals surface area contributed by atoms with E-state index in [4.69, 9.17) is 9.47 Å². The Kier molecular flexibility index (Phi) is 5.64. The molecule has 3 heteroatoms. The van der Waals surface area contributed by atoms with Crippen molar-refractivity contribution >= 4 is 0 Å². The molecule has 0 spiro atoms. The molecule has 21 heavy (non-hydrogen) atoms. The second-order valence-electron chi connectivity index (χ2n) is 5.01. The van der Waals surface area contributed by atoms with Crippen LogP contribution < -0.4 is 14.8 Å². The number of methoxy groups -OCH3 is 1.